The van der Waals surface area contributed by atoms with E-state index in [1.54, 1.807) is 0 Å². The predicted molar refractivity (Wildman–Crippen MR) is 50.8 cm³/mol. The number of hydrogen-bond donors (Lipinski definition) is 0. The van der Waals surface area contributed by atoms with Gasteiger partial charge in [0.1, 0.15) is 5.15 Å². The van der Waals surface area contributed by atoms with Gasteiger partial charge in [-0.05, 0) is 0 Å². The molecular formula is C8H10Cl2N2. The lowest BCUT2D eigenvalue weighted by molar-refractivity contribution is 0.566. The molecule has 0 saturated carbocycles. The summed E-state index contributed by atoms with van der Waals surface area (Å²) in [6.45, 7) is 6.04. The molecule has 0 amide bonds. The molecule has 0 aromatic carbocycles. The molecule has 1 aromatic heterocycles. The fourth-order valence-electron chi connectivity index (χ4n) is 0.830. The highest BCUT2D eigenvalue weighted by molar-refractivity contribution is 6.31. The normalized spacial score (nSPS) is 11.8. The van der Waals surface area contributed by atoms with Gasteiger partial charge in [-0.2, -0.15) is 0 Å². The van der Waals surface area contributed by atoms with Gasteiger partial charge in [0.25, 0.3) is 0 Å². The minimum atomic E-state index is -0.116. The average molecular weight is 205 g/mol. The van der Waals surface area contributed by atoms with Crippen LogP contribution < -0.4 is 0 Å². The highest BCUT2D eigenvalue weighted by Gasteiger charge is 2.20. The van der Waals surface area contributed by atoms with Crippen molar-refractivity contribution in [1.29, 1.82) is 0 Å². The van der Waals surface area contributed by atoms with Crippen LogP contribution >= 0.6 is 23.2 Å². The van der Waals surface area contributed by atoms with E-state index >= 15 is 0 Å². The molecule has 1 heterocycles. The first-order valence-electron chi connectivity index (χ1n) is 3.60. The summed E-state index contributed by atoms with van der Waals surface area (Å²) < 4.78 is 0. The maximum atomic E-state index is 5.85. The molecule has 0 aliphatic carbocycles. The monoisotopic (exact) mass is 204 g/mol. The Morgan fingerprint density at radius 1 is 1.25 bits per heavy atom. The Kier molecular flexibility index (Phi) is 2.59. The Labute approximate surface area is 81.9 Å². The van der Waals surface area contributed by atoms with Crippen LogP contribution in [0.3, 0.4) is 0 Å². The standard InChI is InChI=1S/C8H10Cl2N2/c1-8(2,3)6-7(10)11-4-5(9)12-6/h4H,1-3H3. The van der Waals surface area contributed by atoms with E-state index in [0.29, 0.717) is 10.3 Å². The zero-order chi connectivity index (χ0) is 9.35. The molecule has 2 nitrogen and oxygen atoms in total. The molecule has 0 aliphatic heterocycles. The number of halogens is 2. The molecule has 1 aromatic rings. The summed E-state index contributed by atoms with van der Waals surface area (Å²) in [4.78, 5) is 8.03. The van der Waals surface area contributed by atoms with Crippen molar-refractivity contribution in [2.45, 2.75) is 26.2 Å². The third kappa shape index (κ3) is 2.08. The van der Waals surface area contributed by atoms with E-state index in [1.165, 1.54) is 6.20 Å². The second-order valence-electron chi connectivity index (χ2n) is 3.58. The van der Waals surface area contributed by atoms with Crippen LogP contribution in [0.15, 0.2) is 6.20 Å². The second-order valence-corrected chi connectivity index (χ2v) is 4.33. The van der Waals surface area contributed by atoms with Gasteiger partial charge in [-0.25, -0.2) is 9.97 Å². The maximum absolute atomic E-state index is 5.85. The van der Waals surface area contributed by atoms with Crippen LogP contribution in [-0.4, -0.2) is 9.97 Å². The van der Waals surface area contributed by atoms with Gasteiger partial charge in [-0.15, -0.1) is 0 Å². The van der Waals surface area contributed by atoms with Crippen molar-refractivity contribution in [3.05, 3.63) is 22.2 Å². The Hall–Kier alpha value is -0.340. The van der Waals surface area contributed by atoms with Crippen LogP contribution in [0.25, 0.3) is 0 Å². The first-order chi connectivity index (χ1) is 5.41. The molecule has 0 unspecified atom stereocenters. The minimum absolute atomic E-state index is 0.116. The predicted octanol–water partition coefficient (Wildman–Crippen LogP) is 3.08. The Balaban J connectivity index is 3.23. The number of nitrogens with zero attached hydrogens (tertiary/aromatic N) is 2. The van der Waals surface area contributed by atoms with Gasteiger partial charge in [0.15, 0.2) is 5.15 Å². The summed E-state index contributed by atoms with van der Waals surface area (Å²) in [6, 6.07) is 0. The Morgan fingerprint density at radius 3 is 2.25 bits per heavy atom. The van der Waals surface area contributed by atoms with E-state index in [9.17, 15) is 0 Å². The molecule has 4 heteroatoms. The highest BCUT2D eigenvalue weighted by atomic mass is 35.5. The molecule has 0 N–H and O–H groups in total. The summed E-state index contributed by atoms with van der Waals surface area (Å²) in [5.41, 5.74) is 0.617. The second kappa shape index (κ2) is 3.19. The maximum Gasteiger partial charge on any atom is 0.151 e. The van der Waals surface area contributed by atoms with Gasteiger partial charge in [-0.1, -0.05) is 44.0 Å². The Morgan fingerprint density at radius 2 is 1.83 bits per heavy atom. The van der Waals surface area contributed by atoms with Gasteiger partial charge in [0.2, 0.25) is 0 Å². The zero-order valence-electron chi connectivity index (χ0n) is 7.23. The molecule has 0 bridgehead atoms. The molecule has 66 valence electrons. The molecule has 0 spiro atoms. The smallest absolute Gasteiger partial charge is 0.151 e. The minimum Gasteiger partial charge on any atom is -0.239 e. The third-order valence-electron chi connectivity index (χ3n) is 1.41. The molecule has 1 rings (SSSR count). The van der Waals surface area contributed by atoms with E-state index in [1.807, 2.05) is 20.8 Å². The van der Waals surface area contributed by atoms with Gasteiger partial charge in [0.05, 0.1) is 11.9 Å². The average Bonchev–Trinajstić information content (AvgIpc) is 1.92. The fraction of sp³-hybridized carbons (Fsp3) is 0.500. The van der Waals surface area contributed by atoms with Crippen molar-refractivity contribution in [3.8, 4) is 0 Å². The van der Waals surface area contributed by atoms with Crippen LogP contribution in [0.2, 0.25) is 10.3 Å². The number of hydrogen-bond acceptors (Lipinski definition) is 2. The molecule has 0 aliphatic rings. The highest BCUT2D eigenvalue weighted by Crippen LogP contribution is 2.26. The van der Waals surface area contributed by atoms with Crippen molar-refractivity contribution in [3.63, 3.8) is 0 Å². The summed E-state index contributed by atoms with van der Waals surface area (Å²) in [6.07, 6.45) is 1.44. The van der Waals surface area contributed by atoms with E-state index in [4.69, 9.17) is 23.2 Å². The fourth-order valence-corrected chi connectivity index (χ4v) is 1.34. The summed E-state index contributed by atoms with van der Waals surface area (Å²) >= 11 is 11.5. The summed E-state index contributed by atoms with van der Waals surface area (Å²) in [5, 5.41) is 0.802. The summed E-state index contributed by atoms with van der Waals surface area (Å²) in [7, 11) is 0. The van der Waals surface area contributed by atoms with Crippen LogP contribution in [0.5, 0.6) is 0 Å². The lowest BCUT2D eigenvalue weighted by Gasteiger charge is -2.18. The molecule has 0 saturated heterocycles. The van der Waals surface area contributed by atoms with Crippen LogP contribution in [-0.2, 0) is 5.41 Å². The van der Waals surface area contributed by atoms with Crippen molar-refractivity contribution in [1.82, 2.24) is 9.97 Å². The lowest BCUT2D eigenvalue weighted by atomic mass is 9.93. The van der Waals surface area contributed by atoms with Gasteiger partial charge >= 0.3 is 0 Å². The molecule has 0 radical (unpaired) electrons. The molecule has 12 heavy (non-hydrogen) atoms. The van der Waals surface area contributed by atoms with Crippen LogP contribution in [0.4, 0.5) is 0 Å². The summed E-state index contributed by atoms with van der Waals surface area (Å²) in [5.74, 6) is 0. The van der Waals surface area contributed by atoms with Crippen molar-refractivity contribution in [2.24, 2.45) is 0 Å². The van der Waals surface area contributed by atoms with Gasteiger partial charge in [0, 0.05) is 5.41 Å². The topological polar surface area (TPSA) is 25.8 Å². The van der Waals surface area contributed by atoms with E-state index in [0.717, 1.165) is 5.69 Å². The van der Waals surface area contributed by atoms with E-state index in [-0.39, 0.29) is 5.41 Å². The quantitative estimate of drug-likeness (QED) is 0.650. The Bertz CT molecular complexity index is 292. The van der Waals surface area contributed by atoms with Crippen molar-refractivity contribution in [2.75, 3.05) is 0 Å². The first-order valence-corrected chi connectivity index (χ1v) is 4.35. The van der Waals surface area contributed by atoms with Crippen LogP contribution in [0, 0.1) is 0 Å². The number of aromatic nitrogens is 2. The molecule has 0 fully saturated rings. The van der Waals surface area contributed by atoms with E-state index < -0.39 is 0 Å². The van der Waals surface area contributed by atoms with Crippen molar-refractivity contribution < 1.29 is 0 Å². The molecule has 0 atom stereocenters. The van der Waals surface area contributed by atoms with Crippen LogP contribution in [0.1, 0.15) is 26.5 Å². The van der Waals surface area contributed by atoms with Crippen molar-refractivity contribution >= 4 is 23.2 Å². The largest absolute Gasteiger partial charge is 0.239 e. The number of rotatable bonds is 0. The van der Waals surface area contributed by atoms with E-state index in [2.05, 4.69) is 9.97 Å². The third-order valence-corrected chi connectivity index (χ3v) is 1.87. The van der Waals surface area contributed by atoms with Gasteiger partial charge < -0.3 is 0 Å². The lowest BCUT2D eigenvalue weighted by Crippen LogP contribution is -2.15. The SMILES string of the molecule is CC(C)(C)c1nc(Cl)cnc1Cl. The zero-order valence-corrected chi connectivity index (χ0v) is 8.74. The first kappa shape index (κ1) is 9.75. The molecular weight excluding hydrogens is 195 g/mol. The van der Waals surface area contributed by atoms with Gasteiger partial charge in [-0.3, -0.25) is 0 Å².